The van der Waals surface area contributed by atoms with Gasteiger partial charge in [0.1, 0.15) is 20.5 Å². The van der Waals surface area contributed by atoms with Crippen LogP contribution in [0.15, 0.2) is 86.7 Å². The average Bonchev–Trinajstić information content (AvgIpc) is 3.25. The monoisotopic (exact) mass is 555 g/mol. The first-order valence-electron chi connectivity index (χ1n) is 10.5. The van der Waals surface area contributed by atoms with Gasteiger partial charge in [0.15, 0.2) is 5.75 Å². The van der Waals surface area contributed by atoms with E-state index in [9.17, 15) is 31.0 Å². The van der Waals surface area contributed by atoms with Crippen LogP contribution in [0.4, 0.5) is 11.4 Å². The number of nitrogens with zero attached hydrogens (tertiary/aromatic N) is 3. The molecule has 5 rings (SSSR count). The molecule has 0 spiro atoms. The Bertz CT molecular complexity index is 1950. The molecule has 3 N–H and O–H groups in total. The van der Waals surface area contributed by atoms with Crippen LogP contribution in [-0.2, 0) is 20.2 Å². The van der Waals surface area contributed by atoms with E-state index in [4.69, 9.17) is 0 Å². The van der Waals surface area contributed by atoms with E-state index in [-0.39, 0.29) is 16.5 Å². The third-order valence-corrected chi connectivity index (χ3v) is 8.35. The van der Waals surface area contributed by atoms with Crippen molar-refractivity contribution in [2.45, 2.75) is 16.7 Å². The van der Waals surface area contributed by atoms with Gasteiger partial charge in [-0.1, -0.05) is 18.2 Å². The van der Waals surface area contributed by atoms with Crippen molar-refractivity contribution in [3.05, 3.63) is 72.3 Å². The number of fused-ring (bicyclic) bond motifs is 2. The van der Waals surface area contributed by atoms with Crippen LogP contribution >= 0.6 is 11.3 Å². The molecule has 1 aromatic heterocycles. The molecule has 188 valence electrons. The van der Waals surface area contributed by atoms with Crippen LogP contribution in [0.25, 0.3) is 31.6 Å². The van der Waals surface area contributed by atoms with Crippen molar-refractivity contribution in [3.8, 4) is 16.3 Å². The van der Waals surface area contributed by atoms with Gasteiger partial charge in [0.05, 0.1) is 15.9 Å². The van der Waals surface area contributed by atoms with Gasteiger partial charge in [-0.05, 0) is 66.4 Å². The molecular weight excluding hydrogens is 538 g/mol. The molecule has 1 heterocycles. The van der Waals surface area contributed by atoms with Crippen molar-refractivity contribution in [2.75, 3.05) is 0 Å². The molecular formula is C24H17N3O7S3. The number of rotatable bonds is 5. The Morgan fingerprint density at radius 1 is 0.838 bits per heavy atom. The van der Waals surface area contributed by atoms with Crippen molar-refractivity contribution in [1.82, 2.24) is 4.98 Å². The number of azo groups is 1. The quantitative estimate of drug-likeness (QED) is 0.174. The summed E-state index contributed by atoms with van der Waals surface area (Å²) in [5.74, 6) is -0.886. The Hall–Kier alpha value is -3.75. The van der Waals surface area contributed by atoms with Gasteiger partial charge in [-0.15, -0.1) is 16.5 Å². The van der Waals surface area contributed by atoms with Crippen LogP contribution in [0.5, 0.6) is 5.75 Å². The van der Waals surface area contributed by atoms with Gasteiger partial charge < -0.3 is 5.11 Å². The Kier molecular flexibility index (Phi) is 6.04. The lowest BCUT2D eigenvalue weighted by Crippen LogP contribution is -2.02. The molecule has 4 aromatic carbocycles. The Balaban J connectivity index is 1.58. The van der Waals surface area contributed by atoms with E-state index in [0.29, 0.717) is 0 Å². The second-order valence-corrected chi connectivity index (χ2v) is 11.9. The number of phenolic OH excluding ortho intramolecular Hbond substituents is 1. The third-order valence-electron chi connectivity index (χ3n) is 5.52. The zero-order chi connectivity index (χ0) is 26.5. The third kappa shape index (κ3) is 4.82. The molecule has 0 fully saturated rings. The molecule has 5 aromatic rings. The topological polar surface area (TPSA) is 167 Å². The number of benzene rings is 4. The summed E-state index contributed by atoms with van der Waals surface area (Å²) in [6.07, 6.45) is 0. The van der Waals surface area contributed by atoms with Crippen molar-refractivity contribution in [3.63, 3.8) is 0 Å². The molecule has 0 aliphatic rings. The highest BCUT2D eigenvalue weighted by molar-refractivity contribution is 7.86. The minimum absolute atomic E-state index is 0.0606. The molecule has 0 aliphatic carbocycles. The minimum Gasteiger partial charge on any atom is -0.505 e. The number of phenols is 1. The molecule has 0 unspecified atom stereocenters. The maximum atomic E-state index is 12.0. The first kappa shape index (κ1) is 24.9. The Labute approximate surface area is 215 Å². The van der Waals surface area contributed by atoms with Crippen molar-refractivity contribution in [1.29, 1.82) is 0 Å². The van der Waals surface area contributed by atoms with Gasteiger partial charge in [-0.25, -0.2) is 4.98 Å². The van der Waals surface area contributed by atoms with Crippen molar-refractivity contribution < 1.29 is 31.0 Å². The summed E-state index contributed by atoms with van der Waals surface area (Å²) < 4.78 is 68.0. The average molecular weight is 556 g/mol. The summed E-state index contributed by atoms with van der Waals surface area (Å²) in [4.78, 5) is 3.18. The number of thiazole rings is 1. The summed E-state index contributed by atoms with van der Waals surface area (Å²) in [6, 6.07) is 17.2. The molecule has 0 atom stereocenters. The first-order chi connectivity index (χ1) is 17.4. The van der Waals surface area contributed by atoms with Gasteiger partial charge >= 0.3 is 0 Å². The number of hydrogen-bond donors (Lipinski definition) is 3. The van der Waals surface area contributed by atoms with E-state index in [0.717, 1.165) is 38.5 Å². The fourth-order valence-corrected chi connectivity index (χ4v) is 6.26. The molecule has 0 aliphatic heterocycles. The second-order valence-electron chi connectivity index (χ2n) is 8.11. The number of aromatic nitrogens is 1. The summed E-state index contributed by atoms with van der Waals surface area (Å²) in [5.41, 5.74) is 2.43. The summed E-state index contributed by atoms with van der Waals surface area (Å²) >= 11 is 1.53. The number of hydrogen-bond acceptors (Lipinski definition) is 9. The predicted octanol–water partition coefficient (Wildman–Crippen LogP) is 6.04. The molecule has 0 bridgehead atoms. The molecule has 0 radical (unpaired) electrons. The molecule has 0 amide bonds. The van der Waals surface area contributed by atoms with Crippen LogP contribution in [0, 0.1) is 6.92 Å². The van der Waals surface area contributed by atoms with Gasteiger partial charge in [0.2, 0.25) is 0 Å². The van der Waals surface area contributed by atoms with Gasteiger partial charge in [-0.3, -0.25) is 9.11 Å². The van der Waals surface area contributed by atoms with Crippen molar-refractivity contribution >= 4 is 63.9 Å². The predicted molar refractivity (Wildman–Crippen MR) is 139 cm³/mol. The van der Waals surface area contributed by atoms with Gasteiger partial charge in [0, 0.05) is 10.9 Å². The van der Waals surface area contributed by atoms with Crippen LogP contribution in [0.1, 0.15) is 5.56 Å². The van der Waals surface area contributed by atoms with E-state index in [1.54, 1.807) is 24.3 Å². The Morgan fingerprint density at radius 2 is 1.54 bits per heavy atom. The highest BCUT2D eigenvalue weighted by Gasteiger charge is 2.26. The molecule has 10 nitrogen and oxygen atoms in total. The Morgan fingerprint density at radius 3 is 2.22 bits per heavy atom. The largest absolute Gasteiger partial charge is 0.505 e. The first-order valence-corrected chi connectivity index (χ1v) is 14.2. The molecule has 37 heavy (non-hydrogen) atoms. The van der Waals surface area contributed by atoms with Crippen LogP contribution < -0.4 is 0 Å². The zero-order valence-electron chi connectivity index (χ0n) is 18.9. The maximum Gasteiger partial charge on any atom is 0.296 e. The highest BCUT2D eigenvalue weighted by Crippen LogP contribution is 2.43. The SMILES string of the molecule is Cc1ccc2nc(-c3ccc(N=Nc4c(S(=O)(=O)O)cc5cccc(S(=O)(=O)O)c5c4O)cc3)sc2c1. The van der Waals surface area contributed by atoms with E-state index in [1.165, 1.54) is 23.5 Å². The van der Waals surface area contributed by atoms with E-state index >= 15 is 0 Å². The zero-order valence-corrected chi connectivity index (χ0v) is 21.3. The lowest BCUT2D eigenvalue weighted by molar-refractivity contribution is 0.469. The highest BCUT2D eigenvalue weighted by atomic mass is 32.2. The minimum atomic E-state index is -4.89. The van der Waals surface area contributed by atoms with Crippen molar-refractivity contribution in [2.24, 2.45) is 10.2 Å². The maximum absolute atomic E-state index is 12.0. The fourth-order valence-electron chi connectivity index (χ4n) is 3.81. The van der Waals surface area contributed by atoms with E-state index < -0.39 is 41.5 Å². The molecule has 13 heteroatoms. The molecule has 0 saturated heterocycles. The lowest BCUT2D eigenvalue weighted by atomic mass is 10.1. The van der Waals surface area contributed by atoms with Crippen LogP contribution in [-0.4, -0.2) is 36.0 Å². The lowest BCUT2D eigenvalue weighted by Gasteiger charge is -2.11. The van der Waals surface area contributed by atoms with Gasteiger partial charge in [0.25, 0.3) is 20.2 Å². The standard InChI is InChI=1S/C24H17N3O7S3/c1-13-5-10-17-18(11-13)35-24(25-17)14-6-8-16(9-7-14)26-27-22-20(37(32,33)34)12-15-3-2-4-19(36(29,30)31)21(15)23(22)28/h2-12,28H,1H3,(H,29,30,31)(H,32,33,34). The van der Waals surface area contributed by atoms with E-state index in [2.05, 4.69) is 21.3 Å². The summed E-state index contributed by atoms with van der Waals surface area (Å²) in [7, 11) is -9.67. The molecule has 0 saturated carbocycles. The van der Waals surface area contributed by atoms with Gasteiger partial charge in [-0.2, -0.15) is 21.9 Å². The van der Waals surface area contributed by atoms with Crippen LogP contribution in [0.2, 0.25) is 0 Å². The normalized spacial score (nSPS) is 12.6. The van der Waals surface area contributed by atoms with E-state index in [1.807, 2.05) is 19.1 Å². The number of aryl methyl sites for hydroxylation is 1. The fraction of sp³-hybridized carbons (Fsp3) is 0.0417. The second kappa shape index (κ2) is 8.97. The number of aromatic hydroxyl groups is 1. The summed E-state index contributed by atoms with van der Waals surface area (Å²) in [6.45, 7) is 2.00. The summed E-state index contributed by atoms with van der Waals surface area (Å²) in [5, 5.41) is 18.9. The van der Waals surface area contributed by atoms with Crippen LogP contribution in [0.3, 0.4) is 0 Å². The smallest absolute Gasteiger partial charge is 0.296 e.